The Morgan fingerprint density at radius 3 is 1.68 bits per heavy atom. The second-order valence-electron chi connectivity index (χ2n) is 7.21. The van der Waals surface area contributed by atoms with E-state index >= 15 is 0 Å². The molecule has 0 radical (unpaired) electrons. The second kappa shape index (κ2) is 13.8. The maximum atomic E-state index is 12.3. The third-order valence-corrected chi connectivity index (χ3v) is 22.1. The first-order chi connectivity index (χ1) is 11.8. The van der Waals surface area contributed by atoms with E-state index in [-0.39, 0.29) is 6.10 Å². The van der Waals surface area contributed by atoms with Gasteiger partial charge in [-0.15, -0.1) is 0 Å². The molecule has 1 atom stereocenters. The number of rotatable bonds is 16. The van der Waals surface area contributed by atoms with Crippen LogP contribution in [0.25, 0.3) is 0 Å². The van der Waals surface area contributed by atoms with Gasteiger partial charge in [0.05, 0.1) is 0 Å². The molecule has 0 aromatic rings. The molecule has 0 aliphatic heterocycles. The van der Waals surface area contributed by atoms with E-state index in [2.05, 4.69) is 27.4 Å². The van der Waals surface area contributed by atoms with Gasteiger partial charge in [0.2, 0.25) is 0 Å². The minimum atomic E-state index is -3.46. The van der Waals surface area contributed by atoms with Crippen LogP contribution < -0.4 is 0 Å². The van der Waals surface area contributed by atoms with E-state index in [0.29, 0.717) is 0 Å². The predicted octanol–water partition coefficient (Wildman–Crippen LogP) is 7.20. The summed E-state index contributed by atoms with van der Waals surface area (Å²) < 4.78 is 33.1. The Morgan fingerprint density at radius 1 is 0.960 bits per heavy atom. The number of hydrogen-bond donors (Lipinski definition) is 0. The number of hydrogen-bond acceptors (Lipinski definition) is 4. The first-order valence-corrected chi connectivity index (χ1v) is 19.4. The van der Waals surface area contributed by atoms with E-state index in [9.17, 15) is 4.57 Å². The average molecular weight is 483 g/mol. The van der Waals surface area contributed by atoms with Crippen LogP contribution in [0.1, 0.15) is 66.2 Å². The fourth-order valence-corrected chi connectivity index (χ4v) is 20.9. The Kier molecular flexibility index (Phi) is 14.1. The van der Waals surface area contributed by atoms with Gasteiger partial charge in [0.1, 0.15) is 0 Å². The van der Waals surface area contributed by atoms with Gasteiger partial charge in [-0.3, -0.25) is 0 Å². The zero-order valence-electron chi connectivity index (χ0n) is 17.4. The van der Waals surface area contributed by atoms with Crippen LogP contribution in [0.15, 0.2) is 12.2 Å². The van der Waals surface area contributed by atoms with Crippen LogP contribution in [-0.2, 0) is 18.1 Å². The molecule has 0 fully saturated rings. The summed E-state index contributed by atoms with van der Waals surface area (Å²) in [6, 6.07) is 0. The minimum absolute atomic E-state index is 0.299. The molecule has 0 saturated heterocycles. The molecule has 0 aliphatic rings. The van der Waals surface area contributed by atoms with E-state index in [1.807, 2.05) is 6.92 Å². The molecule has 0 heterocycles. The number of unbranched alkanes of at least 4 members (excludes halogenated alkanes) is 3. The molecule has 25 heavy (non-hydrogen) atoms. The molecule has 4 nitrogen and oxygen atoms in total. The van der Waals surface area contributed by atoms with Gasteiger partial charge in [-0.2, -0.15) is 0 Å². The zero-order valence-corrected chi connectivity index (χ0v) is 21.2. The molecule has 0 saturated carbocycles. The molecule has 0 aromatic carbocycles. The molecule has 0 N–H and O–H groups in total. The van der Waals surface area contributed by atoms with E-state index in [0.717, 1.165) is 10.0 Å². The summed E-state index contributed by atoms with van der Waals surface area (Å²) in [5.41, 5.74) is 1.08. The molecule has 1 unspecified atom stereocenters. The Balaban J connectivity index is 5.15. The summed E-state index contributed by atoms with van der Waals surface area (Å²) in [5, 5.41) is 0. The number of phosphoric ester groups is 1. The van der Waals surface area contributed by atoms with Crippen molar-refractivity contribution < 1.29 is 18.1 Å². The van der Waals surface area contributed by atoms with Crippen LogP contribution in [0.4, 0.5) is 0 Å². The summed E-state index contributed by atoms with van der Waals surface area (Å²) >= 11 is -2.31. The fraction of sp³-hybridized carbons (Fsp3) is 0.895. The summed E-state index contributed by atoms with van der Waals surface area (Å²) in [5.74, 6) is 0. The summed E-state index contributed by atoms with van der Waals surface area (Å²) in [6.07, 6.45) is 7.49. The quantitative estimate of drug-likeness (QED) is 0.132. The van der Waals surface area contributed by atoms with Crippen LogP contribution >= 0.6 is 7.82 Å². The summed E-state index contributed by atoms with van der Waals surface area (Å²) in [7, 11) is -0.749. The normalized spacial score (nSPS) is 13.8. The first-order valence-electron chi connectivity index (χ1n) is 9.89. The van der Waals surface area contributed by atoms with Crippen molar-refractivity contribution in [1.82, 2.24) is 0 Å². The van der Waals surface area contributed by atoms with Gasteiger partial charge < -0.3 is 0 Å². The Labute approximate surface area is 160 Å². The van der Waals surface area contributed by atoms with Crippen molar-refractivity contribution in [3.8, 4) is 0 Å². The molecule has 0 rings (SSSR count). The van der Waals surface area contributed by atoms with E-state index in [4.69, 9.17) is 13.6 Å². The molecule has 0 bridgehead atoms. The first kappa shape index (κ1) is 25.6. The van der Waals surface area contributed by atoms with Gasteiger partial charge >= 0.3 is 161 Å². The SMILES string of the molecule is C=C([CH2][Sn]([CH2]CCC)([CH2]CCC)[CH2]CCC)C(C)OP(=O)(OC)OC. The van der Waals surface area contributed by atoms with Gasteiger partial charge in [0.15, 0.2) is 0 Å². The number of phosphoric acid groups is 1. The molecular formula is C19H41O4PSn. The van der Waals surface area contributed by atoms with Crippen molar-refractivity contribution in [3.05, 3.63) is 12.2 Å². The van der Waals surface area contributed by atoms with Crippen LogP contribution in [-0.4, -0.2) is 38.7 Å². The van der Waals surface area contributed by atoms with E-state index < -0.39 is 26.2 Å². The summed E-state index contributed by atoms with van der Waals surface area (Å²) in [4.78, 5) is 0. The molecule has 0 aromatic heterocycles. The molecular weight excluding hydrogens is 442 g/mol. The predicted molar refractivity (Wildman–Crippen MR) is 111 cm³/mol. The topological polar surface area (TPSA) is 44.8 Å². The van der Waals surface area contributed by atoms with Crippen LogP contribution in [0.3, 0.4) is 0 Å². The van der Waals surface area contributed by atoms with Gasteiger partial charge in [0, 0.05) is 0 Å². The maximum absolute atomic E-state index is 12.3. The van der Waals surface area contributed by atoms with Gasteiger partial charge in [-0.25, -0.2) is 0 Å². The van der Waals surface area contributed by atoms with Gasteiger partial charge in [-0.1, -0.05) is 0 Å². The summed E-state index contributed by atoms with van der Waals surface area (Å²) in [6.45, 7) is 13.1. The van der Waals surface area contributed by atoms with Crippen molar-refractivity contribution >= 4 is 26.2 Å². The van der Waals surface area contributed by atoms with Gasteiger partial charge in [-0.05, 0) is 0 Å². The monoisotopic (exact) mass is 484 g/mol. The van der Waals surface area contributed by atoms with Crippen molar-refractivity contribution in [3.63, 3.8) is 0 Å². The zero-order chi connectivity index (χ0) is 19.3. The van der Waals surface area contributed by atoms with E-state index in [1.54, 1.807) is 0 Å². The molecule has 0 aliphatic carbocycles. The molecule has 0 spiro atoms. The average Bonchev–Trinajstić information content (AvgIpc) is 2.62. The molecule has 150 valence electrons. The van der Waals surface area contributed by atoms with Crippen molar-refractivity contribution in [2.24, 2.45) is 0 Å². The Bertz CT molecular complexity index is 384. The van der Waals surface area contributed by atoms with Gasteiger partial charge in [0.25, 0.3) is 0 Å². The molecule has 0 amide bonds. The fourth-order valence-electron chi connectivity index (χ4n) is 3.35. The third-order valence-electron chi connectivity index (χ3n) is 5.09. The van der Waals surface area contributed by atoms with Crippen molar-refractivity contribution in [2.75, 3.05) is 14.2 Å². The third kappa shape index (κ3) is 9.95. The van der Waals surface area contributed by atoms with Crippen LogP contribution in [0, 0.1) is 0 Å². The van der Waals surface area contributed by atoms with Crippen LogP contribution in [0.2, 0.25) is 17.7 Å². The van der Waals surface area contributed by atoms with E-state index in [1.165, 1.54) is 66.1 Å². The standard InChI is InChI=1S/C7H14O4P.3C4H9.Sn/c1-6(2)7(3)11-12(8,9-4)10-5;3*1-3-4-2;/h7H,1-2H2,3-5H3;3*1,3-4H2,2H3;. The van der Waals surface area contributed by atoms with Crippen LogP contribution in [0.5, 0.6) is 0 Å². The Morgan fingerprint density at radius 2 is 1.36 bits per heavy atom. The van der Waals surface area contributed by atoms with Crippen molar-refractivity contribution in [2.45, 2.75) is 90.1 Å². The Hall–Kier alpha value is 0.649. The second-order valence-corrected chi connectivity index (χ2v) is 22.9. The molecule has 6 heteroatoms. The van der Waals surface area contributed by atoms with Crippen molar-refractivity contribution in [1.29, 1.82) is 0 Å².